The molecule has 0 radical (unpaired) electrons. The first-order chi connectivity index (χ1) is 13.4. The van der Waals surface area contributed by atoms with Gasteiger partial charge in [-0.1, -0.05) is 12.5 Å². The molecule has 0 amide bonds. The minimum Gasteiger partial charge on any atom is -0.497 e. The summed E-state index contributed by atoms with van der Waals surface area (Å²) >= 11 is 0. The molecule has 148 valence electrons. The van der Waals surface area contributed by atoms with E-state index in [1.54, 1.807) is 38.1 Å². The quantitative estimate of drug-likeness (QED) is 0.650. The number of H-pyrrole nitrogens is 1. The number of sulfonamides is 1. The van der Waals surface area contributed by atoms with Crippen LogP contribution >= 0.6 is 0 Å². The van der Waals surface area contributed by atoms with Crippen molar-refractivity contribution in [2.75, 3.05) is 11.8 Å². The van der Waals surface area contributed by atoms with Gasteiger partial charge in [0.15, 0.2) is 0 Å². The molecular weight excluding hydrogens is 380 g/mol. The summed E-state index contributed by atoms with van der Waals surface area (Å²) < 4.78 is 40.0. The number of rotatable bonds is 6. The van der Waals surface area contributed by atoms with E-state index in [0.29, 0.717) is 34.3 Å². The van der Waals surface area contributed by atoms with E-state index in [-0.39, 0.29) is 16.7 Å². The molecule has 2 aromatic heterocycles. The van der Waals surface area contributed by atoms with Crippen molar-refractivity contribution < 1.29 is 17.6 Å². The van der Waals surface area contributed by atoms with E-state index in [0.717, 1.165) is 19.3 Å². The van der Waals surface area contributed by atoms with E-state index in [2.05, 4.69) is 19.9 Å². The molecule has 1 aromatic carbocycles. The summed E-state index contributed by atoms with van der Waals surface area (Å²) in [6.07, 6.45) is 3.19. The molecule has 9 heteroatoms. The molecule has 3 aromatic rings. The van der Waals surface area contributed by atoms with Gasteiger partial charge in [0.1, 0.15) is 10.6 Å². The van der Waals surface area contributed by atoms with Crippen LogP contribution in [0.4, 0.5) is 5.69 Å². The molecule has 0 spiro atoms. The van der Waals surface area contributed by atoms with Crippen molar-refractivity contribution in [2.45, 2.75) is 43.9 Å². The summed E-state index contributed by atoms with van der Waals surface area (Å²) in [6.45, 7) is 3.50. The van der Waals surface area contributed by atoms with Crippen LogP contribution in [0.1, 0.15) is 42.5 Å². The summed E-state index contributed by atoms with van der Waals surface area (Å²) in [5, 5.41) is 8.26. The maximum absolute atomic E-state index is 13.2. The Morgan fingerprint density at radius 3 is 2.68 bits per heavy atom. The van der Waals surface area contributed by atoms with Gasteiger partial charge in [-0.3, -0.25) is 4.72 Å². The molecule has 0 bridgehead atoms. The lowest BCUT2D eigenvalue weighted by molar-refractivity contribution is 0.338. The van der Waals surface area contributed by atoms with Crippen LogP contribution in [0, 0.1) is 13.8 Å². The van der Waals surface area contributed by atoms with Gasteiger partial charge in [0.05, 0.1) is 18.4 Å². The molecule has 2 N–H and O–H groups in total. The maximum atomic E-state index is 13.2. The zero-order valence-corrected chi connectivity index (χ0v) is 16.8. The smallest absolute Gasteiger partial charge is 0.264 e. The molecule has 8 nitrogen and oxygen atoms in total. The Labute approximate surface area is 163 Å². The van der Waals surface area contributed by atoms with Crippen LogP contribution in [0.5, 0.6) is 5.75 Å². The number of hydrogen-bond acceptors (Lipinski definition) is 6. The van der Waals surface area contributed by atoms with Crippen molar-refractivity contribution in [3.63, 3.8) is 0 Å². The largest absolute Gasteiger partial charge is 0.497 e. The molecule has 0 aliphatic heterocycles. The first-order valence-corrected chi connectivity index (χ1v) is 10.6. The fourth-order valence-electron chi connectivity index (χ4n) is 3.40. The number of anilines is 1. The van der Waals surface area contributed by atoms with Gasteiger partial charge < -0.3 is 14.1 Å². The Morgan fingerprint density at radius 1 is 1.21 bits per heavy atom. The molecule has 28 heavy (non-hydrogen) atoms. The lowest BCUT2D eigenvalue weighted by Crippen LogP contribution is -2.14. The summed E-state index contributed by atoms with van der Waals surface area (Å²) in [6, 6.07) is 6.74. The van der Waals surface area contributed by atoms with Gasteiger partial charge in [-0.25, -0.2) is 8.42 Å². The Balaban J connectivity index is 1.73. The Hall–Kier alpha value is -2.81. The van der Waals surface area contributed by atoms with E-state index in [4.69, 9.17) is 9.15 Å². The number of benzene rings is 1. The van der Waals surface area contributed by atoms with Gasteiger partial charge in [0, 0.05) is 23.4 Å². The Kier molecular flexibility index (Phi) is 4.62. The number of aromatic amines is 1. The molecule has 0 unspecified atom stereocenters. The lowest BCUT2D eigenvalue weighted by Gasteiger charge is -2.20. The van der Waals surface area contributed by atoms with Crippen LogP contribution in [0.2, 0.25) is 0 Å². The average molecular weight is 402 g/mol. The van der Waals surface area contributed by atoms with Crippen LogP contribution in [-0.2, 0) is 10.0 Å². The molecule has 0 saturated heterocycles. The highest BCUT2D eigenvalue weighted by atomic mass is 32.2. The molecule has 0 atom stereocenters. The standard InChI is InChI=1S/C19H22N4O4S/c1-11-16(19-22-21-18(27-19)13-6-4-7-13)17(12(2)20-11)28(24,25)23-14-8-5-9-15(10-14)26-3/h5,8-10,13,20,23H,4,6-7H2,1-3H3. The van der Waals surface area contributed by atoms with E-state index in [1.807, 2.05) is 0 Å². The van der Waals surface area contributed by atoms with Crippen LogP contribution < -0.4 is 9.46 Å². The lowest BCUT2D eigenvalue weighted by atomic mass is 9.85. The predicted molar refractivity (Wildman–Crippen MR) is 104 cm³/mol. The van der Waals surface area contributed by atoms with Crippen LogP contribution in [0.3, 0.4) is 0 Å². The summed E-state index contributed by atoms with van der Waals surface area (Å²) in [5.74, 6) is 1.62. The third-order valence-corrected chi connectivity index (χ3v) is 6.57. The van der Waals surface area contributed by atoms with E-state index >= 15 is 0 Å². The minimum absolute atomic E-state index is 0.108. The predicted octanol–water partition coefficient (Wildman–Crippen LogP) is 3.76. The van der Waals surface area contributed by atoms with Gasteiger partial charge in [-0.2, -0.15) is 0 Å². The molecule has 1 saturated carbocycles. The second kappa shape index (κ2) is 6.97. The molecule has 4 rings (SSSR count). The van der Waals surface area contributed by atoms with E-state index < -0.39 is 10.0 Å². The summed E-state index contributed by atoms with van der Waals surface area (Å²) in [4.78, 5) is 3.19. The molecular formula is C19H22N4O4S. The molecule has 1 aliphatic rings. The van der Waals surface area contributed by atoms with Gasteiger partial charge in [-0.15, -0.1) is 10.2 Å². The van der Waals surface area contributed by atoms with Crippen molar-refractivity contribution in [3.05, 3.63) is 41.5 Å². The van der Waals surface area contributed by atoms with Crippen LogP contribution in [-0.4, -0.2) is 30.7 Å². The fraction of sp³-hybridized carbons (Fsp3) is 0.368. The number of hydrogen-bond donors (Lipinski definition) is 2. The first-order valence-electron chi connectivity index (χ1n) is 9.09. The SMILES string of the molecule is COc1cccc(NS(=O)(=O)c2c(C)[nH]c(C)c2-c2nnc(C3CCC3)o2)c1. The Morgan fingerprint density at radius 2 is 2.00 bits per heavy atom. The van der Waals surface area contributed by atoms with Crippen molar-refractivity contribution in [1.82, 2.24) is 15.2 Å². The highest BCUT2D eigenvalue weighted by Crippen LogP contribution is 2.39. The summed E-state index contributed by atoms with van der Waals surface area (Å²) in [7, 11) is -2.37. The third kappa shape index (κ3) is 3.26. The number of ether oxygens (including phenoxy) is 1. The van der Waals surface area contributed by atoms with Crippen molar-refractivity contribution >= 4 is 15.7 Å². The zero-order valence-electron chi connectivity index (χ0n) is 15.9. The third-order valence-electron chi connectivity index (χ3n) is 5.02. The van der Waals surface area contributed by atoms with Crippen LogP contribution in [0.15, 0.2) is 33.6 Å². The molecule has 1 fully saturated rings. The average Bonchev–Trinajstić information content (AvgIpc) is 3.17. The van der Waals surface area contributed by atoms with Gasteiger partial charge >= 0.3 is 0 Å². The van der Waals surface area contributed by atoms with Crippen molar-refractivity contribution in [1.29, 1.82) is 0 Å². The fourth-order valence-corrected chi connectivity index (χ4v) is 4.90. The second-order valence-electron chi connectivity index (χ2n) is 6.99. The van der Waals surface area contributed by atoms with E-state index in [1.165, 1.54) is 7.11 Å². The number of aromatic nitrogens is 3. The van der Waals surface area contributed by atoms with Gasteiger partial charge in [-0.05, 0) is 38.8 Å². The number of methoxy groups -OCH3 is 1. The van der Waals surface area contributed by atoms with Crippen LogP contribution in [0.25, 0.3) is 11.5 Å². The number of nitrogens with zero attached hydrogens (tertiary/aromatic N) is 2. The van der Waals surface area contributed by atoms with Gasteiger partial charge in [0.2, 0.25) is 5.89 Å². The number of nitrogens with one attached hydrogen (secondary N) is 2. The van der Waals surface area contributed by atoms with Crippen molar-refractivity contribution in [3.8, 4) is 17.2 Å². The normalized spacial score (nSPS) is 14.7. The van der Waals surface area contributed by atoms with E-state index in [9.17, 15) is 8.42 Å². The topological polar surface area (TPSA) is 110 Å². The molecule has 1 aliphatic carbocycles. The first kappa shape index (κ1) is 18.5. The maximum Gasteiger partial charge on any atom is 0.264 e. The molecule has 2 heterocycles. The summed E-state index contributed by atoms with van der Waals surface area (Å²) in [5.41, 5.74) is 1.98. The van der Waals surface area contributed by atoms with Gasteiger partial charge in [0.25, 0.3) is 15.9 Å². The minimum atomic E-state index is -3.89. The number of aryl methyl sites for hydroxylation is 2. The zero-order chi connectivity index (χ0) is 19.9. The Bertz CT molecular complexity index is 1110. The highest BCUT2D eigenvalue weighted by molar-refractivity contribution is 7.93. The van der Waals surface area contributed by atoms with Crippen molar-refractivity contribution in [2.24, 2.45) is 0 Å². The highest BCUT2D eigenvalue weighted by Gasteiger charge is 2.31. The monoisotopic (exact) mass is 402 g/mol. The second-order valence-corrected chi connectivity index (χ2v) is 8.61.